The Morgan fingerprint density at radius 1 is 1.62 bits per heavy atom. The molecule has 1 amide bonds. The van der Waals surface area contributed by atoms with E-state index in [4.69, 9.17) is 11.0 Å². The van der Waals surface area contributed by atoms with E-state index in [1.54, 1.807) is 6.07 Å². The number of nitrogens with one attached hydrogen (secondary N) is 1. The van der Waals surface area contributed by atoms with E-state index in [2.05, 4.69) is 5.32 Å². The van der Waals surface area contributed by atoms with Gasteiger partial charge in [0.05, 0.1) is 16.3 Å². The molecule has 1 aromatic carbocycles. The van der Waals surface area contributed by atoms with Crippen LogP contribution in [0, 0.1) is 21.4 Å². The first-order chi connectivity index (χ1) is 7.47. The highest BCUT2D eigenvalue weighted by molar-refractivity contribution is 5.95. The number of amides is 1. The Hall–Kier alpha value is -2.62. The van der Waals surface area contributed by atoms with Gasteiger partial charge in [-0.25, -0.2) is 0 Å². The van der Waals surface area contributed by atoms with Crippen molar-refractivity contribution in [2.45, 2.75) is 6.92 Å². The first-order valence-corrected chi connectivity index (χ1v) is 4.22. The maximum absolute atomic E-state index is 10.9. The van der Waals surface area contributed by atoms with E-state index in [1.165, 1.54) is 13.0 Å². The van der Waals surface area contributed by atoms with Crippen LogP contribution in [-0.4, -0.2) is 10.8 Å². The van der Waals surface area contributed by atoms with Crippen LogP contribution in [0.1, 0.15) is 12.5 Å². The molecule has 0 radical (unpaired) electrons. The summed E-state index contributed by atoms with van der Waals surface area (Å²) in [6.45, 7) is 1.22. The number of hydrogen-bond donors (Lipinski definition) is 2. The van der Waals surface area contributed by atoms with Crippen LogP contribution in [0.4, 0.5) is 17.1 Å². The number of benzene rings is 1. The predicted molar refractivity (Wildman–Crippen MR) is 56.5 cm³/mol. The number of carbonyl (C=O) groups is 1. The number of nitrogens with two attached hydrogens (primary N) is 1. The van der Waals surface area contributed by atoms with Crippen LogP contribution in [0.15, 0.2) is 12.1 Å². The molecule has 0 saturated carbocycles. The van der Waals surface area contributed by atoms with Gasteiger partial charge < -0.3 is 11.1 Å². The normalized spacial score (nSPS) is 9.25. The smallest absolute Gasteiger partial charge is 0.289 e. The Morgan fingerprint density at radius 2 is 2.25 bits per heavy atom. The zero-order valence-electron chi connectivity index (χ0n) is 8.35. The molecule has 0 spiro atoms. The van der Waals surface area contributed by atoms with Gasteiger partial charge in [-0.3, -0.25) is 14.9 Å². The first-order valence-electron chi connectivity index (χ1n) is 4.22. The lowest BCUT2D eigenvalue weighted by molar-refractivity contribution is -0.385. The summed E-state index contributed by atoms with van der Waals surface area (Å²) >= 11 is 0. The van der Waals surface area contributed by atoms with Crippen LogP contribution in [0.5, 0.6) is 0 Å². The van der Waals surface area contributed by atoms with E-state index >= 15 is 0 Å². The fourth-order valence-electron chi connectivity index (χ4n) is 1.18. The molecule has 0 unspecified atom stereocenters. The van der Waals surface area contributed by atoms with Gasteiger partial charge in [0.25, 0.3) is 5.69 Å². The monoisotopic (exact) mass is 220 g/mol. The molecule has 0 atom stereocenters. The van der Waals surface area contributed by atoms with Crippen molar-refractivity contribution in [1.29, 1.82) is 5.26 Å². The predicted octanol–water partition coefficient (Wildman–Crippen LogP) is 1.01. The number of hydrogen-bond acceptors (Lipinski definition) is 5. The standard InChI is InChI=1S/C9H8N4O3/c1-5(14)12-9-6(4-10)8(13(15)16)3-2-7(9)11/h2-3H,11H2,1H3,(H,12,14). The molecule has 0 aliphatic rings. The van der Waals surface area contributed by atoms with Crippen molar-refractivity contribution in [2.75, 3.05) is 11.1 Å². The Bertz CT molecular complexity index is 504. The quantitative estimate of drug-likeness (QED) is 0.437. The number of anilines is 2. The minimum atomic E-state index is -0.705. The largest absolute Gasteiger partial charge is 0.397 e. The summed E-state index contributed by atoms with van der Waals surface area (Å²) in [6, 6.07) is 4.05. The molecule has 0 heterocycles. The Morgan fingerprint density at radius 3 is 2.69 bits per heavy atom. The highest BCUT2D eigenvalue weighted by atomic mass is 16.6. The van der Waals surface area contributed by atoms with Crippen molar-refractivity contribution in [2.24, 2.45) is 0 Å². The summed E-state index contributed by atoms with van der Waals surface area (Å²) in [5.74, 6) is -0.455. The summed E-state index contributed by atoms with van der Waals surface area (Å²) in [5, 5.41) is 21.8. The molecular formula is C9H8N4O3. The lowest BCUT2D eigenvalue weighted by Gasteiger charge is -2.07. The second kappa shape index (κ2) is 4.27. The van der Waals surface area contributed by atoms with Gasteiger partial charge in [-0.2, -0.15) is 5.26 Å². The molecule has 16 heavy (non-hydrogen) atoms. The van der Waals surface area contributed by atoms with Crippen LogP contribution in [0.2, 0.25) is 0 Å². The van der Waals surface area contributed by atoms with Crippen LogP contribution >= 0.6 is 0 Å². The van der Waals surface area contributed by atoms with Crippen molar-refractivity contribution < 1.29 is 9.72 Å². The number of rotatable bonds is 2. The zero-order valence-corrected chi connectivity index (χ0v) is 8.35. The van der Waals surface area contributed by atoms with Crippen molar-refractivity contribution >= 4 is 23.0 Å². The van der Waals surface area contributed by atoms with Gasteiger partial charge in [-0.15, -0.1) is 0 Å². The minimum Gasteiger partial charge on any atom is -0.397 e. The van der Waals surface area contributed by atoms with Gasteiger partial charge in [0.2, 0.25) is 5.91 Å². The summed E-state index contributed by atoms with van der Waals surface area (Å²) in [5.41, 5.74) is 4.97. The lowest BCUT2D eigenvalue weighted by atomic mass is 10.1. The number of nitrogen functional groups attached to an aromatic ring is 1. The Balaban J connectivity index is 3.45. The molecule has 0 aromatic heterocycles. The molecule has 0 aliphatic carbocycles. The summed E-state index contributed by atoms with van der Waals surface area (Å²) < 4.78 is 0. The van der Waals surface area contributed by atoms with E-state index in [0.717, 1.165) is 6.07 Å². The number of nitrogens with zero attached hydrogens (tertiary/aromatic N) is 2. The molecule has 0 saturated heterocycles. The SMILES string of the molecule is CC(=O)Nc1c(N)ccc([N+](=O)[O-])c1C#N. The van der Waals surface area contributed by atoms with Crippen molar-refractivity contribution in [3.8, 4) is 6.07 Å². The maximum atomic E-state index is 10.9. The van der Waals surface area contributed by atoms with Gasteiger partial charge in [0, 0.05) is 13.0 Å². The molecule has 0 bridgehead atoms. The maximum Gasteiger partial charge on any atom is 0.289 e. The third kappa shape index (κ3) is 2.06. The number of nitriles is 1. The molecule has 3 N–H and O–H groups in total. The van der Waals surface area contributed by atoms with Crippen molar-refractivity contribution in [3.05, 3.63) is 27.8 Å². The fraction of sp³-hybridized carbons (Fsp3) is 0.111. The van der Waals surface area contributed by atoms with E-state index in [9.17, 15) is 14.9 Å². The Kier molecular flexibility index (Phi) is 3.06. The Labute approximate surface area is 90.6 Å². The molecule has 0 fully saturated rings. The van der Waals surface area contributed by atoms with E-state index in [0.29, 0.717) is 0 Å². The van der Waals surface area contributed by atoms with E-state index in [-0.39, 0.29) is 22.6 Å². The molecular weight excluding hydrogens is 212 g/mol. The molecule has 1 aromatic rings. The fourth-order valence-corrected chi connectivity index (χ4v) is 1.18. The molecule has 1 rings (SSSR count). The zero-order chi connectivity index (χ0) is 12.3. The average molecular weight is 220 g/mol. The summed E-state index contributed by atoms with van der Waals surface area (Å²) in [4.78, 5) is 20.8. The highest BCUT2D eigenvalue weighted by Gasteiger charge is 2.20. The third-order valence-corrected chi connectivity index (χ3v) is 1.83. The molecule has 82 valence electrons. The number of carbonyl (C=O) groups excluding carboxylic acids is 1. The lowest BCUT2D eigenvalue weighted by Crippen LogP contribution is -2.10. The van der Waals surface area contributed by atoms with E-state index < -0.39 is 10.8 Å². The van der Waals surface area contributed by atoms with Crippen LogP contribution in [-0.2, 0) is 4.79 Å². The average Bonchev–Trinajstić information content (AvgIpc) is 2.19. The van der Waals surface area contributed by atoms with Crippen molar-refractivity contribution in [1.82, 2.24) is 0 Å². The molecule has 7 heteroatoms. The molecule has 0 aliphatic heterocycles. The summed E-state index contributed by atoms with van der Waals surface area (Å²) in [6.07, 6.45) is 0. The molecule has 7 nitrogen and oxygen atoms in total. The van der Waals surface area contributed by atoms with Crippen molar-refractivity contribution in [3.63, 3.8) is 0 Å². The van der Waals surface area contributed by atoms with Gasteiger partial charge in [0.1, 0.15) is 6.07 Å². The van der Waals surface area contributed by atoms with E-state index in [1.807, 2.05) is 0 Å². The highest BCUT2D eigenvalue weighted by Crippen LogP contribution is 2.30. The number of nitro groups is 1. The second-order valence-electron chi connectivity index (χ2n) is 2.97. The summed E-state index contributed by atoms with van der Waals surface area (Å²) in [7, 11) is 0. The minimum absolute atomic E-state index is 0.0239. The van der Waals surface area contributed by atoms with Gasteiger partial charge >= 0.3 is 0 Å². The van der Waals surface area contributed by atoms with Crippen LogP contribution in [0.3, 0.4) is 0 Å². The van der Waals surface area contributed by atoms with Gasteiger partial charge in [-0.1, -0.05) is 0 Å². The topological polar surface area (TPSA) is 122 Å². The van der Waals surface area contributed by atoms with Gasteiger partial charge in [0.15, 0.2) is 5.56 Å². The van der Waals surface area contributed by atoms with Gasteiger partial charge in [-0.05, 0) is 6.07 Å². The van der Waals surface area contributed by atoms with Crippen LogP contribution < -0.4 is 11.1 Å². The second-order valence-corrected chi connectivity index (χ2v) is 2.97. The first kappa shape index (κ1) is 11.5. The van der Waals surface area contributed by atoms with Crippen LogP contribution in [0.25, 0.3) is 0 Å². The third-order valence-electron chi connectivity index (χ3n) is 1.83. The number of nitro benzene ring substituents is 1.